The van der Waals surface area contributed by atoms with Gasteiger partial charge in [-0.25, -0.2) is 4.39 Å². The molecule has 5 heteroatoms. The van der Waals surface area contributed by atoms with Crippen molar-refractivity contribution < 1.29 is 13.9 Å². The van der Waals surface area contributed by atoms with Crippen LogP contribution in [-0.2, 0) is 12.5 Å². The predicted molar refractivity (Wildman–Crippen MR) is 78.0 cm³/mol. The van der Waals surface area contributed by atoms with Gasteiger partial charge in [0.2, 0.25) is 0 Å². The highest BCUT2D eigenvalue weighted by Crippen LogP contribution is 2.22. The molecule has 0 N–H and O–H groups in total. The van der Waals surface area contributed by atoms with Crippen LogP contribution < -0.4 is 9.47 Å². The minimum Gasteiger partial charge on any atom is -0.495 e. The molecule has 2 rings (SSSR count). The Hall–Kier alpha value is -2.25. The lowest BCUT2D eigenvalue weighted by molar-refractivity contribution is 0.303. The van der Waals surface area contributed by atoms with Crippen molar-refractivity contribution in [2.75, 3.05) is 7.11 Å². The summed E-state index contributed by atoms with van der Waals surface area (Å²) in [5.74, 6) is 0.729. The van der Waals surface area contributed by atoms with E-state index >= 15 is 0 Å². The highest BCUT2D eigenvalue weighted by atomic mass is 35.5. The van der Waals surface area contributed by atoms with E-state index < -0.39 is 0 Å². The second kappa shape index (κ2) is 6.96. The number of rotatable bonds is 5. The van der Waals surface area contributed by atoms with E-state index in [1.807, 2.05) is 6.07 Å². The van der Waals surface area contributed by atoms with Crippen LogP contribution in [0.2, 0.25) is 0 Å². The molecule has 2 aromatic rings. The number of ether oxygens (including phenoxy) is 2. The Bertz CT molecular complexity index is 682. The average Bonchev–Trinajstić information content (AvgIpc) is 2.52. The molecule has 0 aliphatic rings. The fourth-order valence-electron chi connectivity index (χ4n) is 1.87. The van der Waals surface area contributed by atoms with E-state index in [9.17, 15) is 4.39 Å². The van der Waals surface area contributed by atoms with Crippen molar-refractivity contribution in [3.8, 4) is 17.6 Å². The molecule has 3 nitrogen and oxygen atoms in total. The largest absolute Gasteiger partial charge is 0.495 e. The first-order chi connectivity index (χ1) is 10.2. The van der Waals surface area contributed by atoms with Crippen molar-refractivity contribution in [1.29, 1.82) is 5.26 Å². The molecule has 0 amide bonds. The van der Waals surface area contributed by atoms with Crippen LogP contribution >= 0.6 is 11.6 Å². The topological polar surface area (TPSA) is 42.2 Å². The van der Waals surface area contributed by atoms with Gasteiger partial charge in [-0.05, 0) is 35.4 Å². The quantitative estimate of drug-likeness (QED) is 0.783. The van der Waals surface area contributed by atoms with Gasteiger partial charge in [0.15, 0.2) is 0 Å². The molecule has 0 aliphatic carbocycles. The number of methoxy groups -OCH3 is 1. The van der Waals surface area contributed by atoms with Gasteiger partial charge in [-0.3, -0.25) is 0 Å². The van der Waals surface area contributed by atoms with Gasteiger partial charge in [-0.1, -0.05) is 6.07 Å². The lowest BCUT2D eigenvalue weighted by atomic mass is 10.1. The van der Waals surface area contributed by atoms with E-state index in [4.69, 9.17) is 26.3 Å². The molecule has 0 aromatic heterocycles. The molecule has 0 spiro atoms. The van der Waals surface area contributed by atoms with Gasteiger partial charge in [0, 0.05) is 11.9 Å². The summed E-state index contributed by atoms with van der Waals surface area (Å²) in [5, 5.41) is 8.92. The molecule has 0 atom stereocenters. The maximum absolute atomic E-state index is 13.4. The fourth-order valence-corrected chi connectivity index (χ4v) is 2.02. The fraction of sp³-hybridized carbons (Fsp3) is 0.188. The van der Waals surface area contributed by atoms with Crippen LogP contribution in [0.4, 0.5) is 4.39 Å². The van der Waals surface area contributed by atoms with Crippen molar-refractivity contribution in [1.82, 2.24) is 0 Å². The molecule has 0 unspecified atom stereocenters. The van der Waals surface area contributed by atoms with Crippen molar-refractivity contribution in [3.63, 3.8) is 0 Å². The number of nitriles is 1. The molecule has 0 bridgehead atoms. The highest BCUT2D eigenvalue weighted by molar-refractivity contribution is 6.17. The van der Waals surface area contributed by atoms with Gasteiger partial charge >= 0.3 is 0 Å². The molecule has 108 valence electrons. The molecule has 0 fully saturated rings. The van der Waals surface area contributed by atoms with Crippen molar-refractivity contribution in [2.24, 2.45) is 0 Å². The van der Waals surface area contributed by atoms with Crippen molar-refractivity contribution >= 4 is 11.6 Å². The molecule has 0 saturated heterocycles. The van der Waals surface area contributed by atoms with Gasteiger partial charge in [0.1, 0.15) is 30.0 Å². The van der Waals surface area contributed by atoms with Crippen LogP contribution in [0.25, 0.3) is 0 Å². The van der Waals surface area contributed by atoms with E-state index in [2.05, 4.69) is 0 Å². The summed E-state index contributed by atoms with van der Waals surface area (Å²) in [6, 6.07) is 11.5. The number of hydrogen-bond acceptors (Lipinski definition) is 3. The maximum atomic E-state index is 13.4. The molecule has 0 saturated carbocycles. The third kappa shape index (κ3) is 3.87. The highest BCUT2D eigenvalue weighted by Gasteiger charge is 2.06. The Balaban J connectivity index is 2.13. The van der Waals surface area contributed by atoms with Crippen LogP contribution in [-0.4, -0.2) is 7.11 Å². The van der Waals surface area contributed by atoms with E-state index in [0.29, 0.717) is 22.6 Å². The molecular weight excluding hydrogens is 293 g/mol. The first-order valence-electron chi connectivity index (χ1n) is 6.21. The second-order valence-corrected chi connectivity index (χ2v) is 4.63. The standard InChI is InChI=1S/C16H13ClFNO2/c1-20-16-6-11(2-3-13(16)9-19)10-21-15-5-12(8-17)4-14(18)7-15/h2-7H,8,10H2,1H3. The zero-order valence-electron chi connectivity index (χ0n) is 11.4. The van der Waals surface area contributed by atoms with Crippen molar-refractivity contribution in [3.05, 3.63) is 58.9 Å². The van der Waals surface area contributed by atoms with Crippen LogP contribution in [0.3, 0.4) is 0 Å². The van der Waals surface area contributed by atoms with Gasteiger partial charge in [0.05, 0.1) is 12.7 Å². The molecular formula is C16H13ClFNO2. The van der Waals surface area contributed by atoms with Crippen LogP contribution in [0.1, 0.15) is 16.7 Å². The van der Waals surface area contributed by atoms with Crippen LogP contribution in [0, 0.1) is 17.1 Å². The SMILES string of the molecule is COc1cc(COc2cc(F)cc(CCl)c2)ccc1C#N. The van der Waals surface area contributed by atoms with Gasteiger partial charge < -0.3 is 9.47 Å². The second-order valence-electron chi connectivity index (χ2n) is 4.36. The van der Waals surface area contributed by atoms with Crippen molar-refractivity contribution in [2.45, 2.75) is 12.5 Å². The van der Waals surface area contributed by atoms with E-state index in [1.54, 1.807) is 24.3 Å². The minimum atomic E-state index is -0.388. The van der Waals surface area contributed by atoms with Crippen LogP contribution in [0.15, 0.2) is 36.4 Å². The van der Waals surface area contributed by atoms with E-state index in [-0.39, 0.29) is 18.3 Å². The zero-order valence-corrected chi connectivity index (χ0v) is 12.2. The molecule has 0 radical (unpaired) electrons. The summed E-state index contributed by atoms with van der Waals surface area (Å²) in [5.41, 5.74) is 1.93. The van der Waals surface area contributed by atoms with Gasteiger partial charge in [0.25, 0.3) is 0 Å². The smallest absolute Gasteiger partial charge is 0.137 e. The number of alkyl halides is 1. The monoisotopic (exact) mass is 305 g/mol. The number of benzene rings is 2. The zero-order chi connectivity index (χ0) is 15.2. The molecule has 0 aliphatic heterocycles. The Morgan fingerprint density at radius 1 is 1.19 bits per heavy atom. The predicted octanol–water partition coefficient (Wildman–Crippen LogP) is 4.02. The summed E-state index contributed by atoms with van der Waals surface area (Å²) in [6.45, 7) is 0.243. The molecule has 21 heavy (non-hydrogen) atoms. The average molecular weight is 306 g/mol. The third-order valence-corrected chi connectivity index (χ3v) is 3.19. The maximum Gasteiger partial charge on any atom is 0.137 e. The summed E-state index contributed by atoms with van der Waals surface area (Å²) < 4.78 is 24.0. The summed E-state index contributed by atoms with van der Waals surface area (Å²) in [7, 11) is 1.50. The lowest BCUT2D eigenvalue weighted by Crippen LogP contribution is -1.98. The first kappa shape index (κ1) is 15.1. The Labute approximate surface area is 127 Å². The normalized spacial score (nSPS) is 10.0. The Morgan fingerprint density at radius 2 is 2.00 bits per heavy atom. The Kier molecular flexibility index (Phi) is 5.02. The summed E-state index contributed by atoms with van der Waals surface area (Å²) >= 11 is 5.69. The molecule has 0 heterocycles. The summed E-state index contributed by atoms with van der Waals surface area (Å²) in [6.07, 6.45) is 0. The summed E-state index contributed by atoms with van der Waals surface area (Å²) in [4.78, 5) is 0. The Morgan fingerprint density at radius 3 is 2.67 bits per heavy atom. The number of halogens is 2. The molecule has 2 aromatic carbocycles. The lowest BCUT2D eigenvalue weighted by Gasteiger charge is -2.09. The van der Waals surface area contributed by atoms with E-state index in [0.717, 1.165) is 5.56 Å². The van der Waals surface area contributed by atoms with E-state index in [1.165, 1.54) is 19.2 Å². The first-order valence-corrected chi connectivity index (χ1v) is 6.75. The number of hydrogen-bond donors (Lipinski definition) is 0. The van der Waals surface area contributed by atoms with Gasteiger partial charge in [-0.15, -0.1) is 11.6 Å². The van der Waals surface area contributed by atoms with Crippen LogP contribution in [0.5, 0.6) is 11.5 Å². The minimum absolute atomic E-state index is 0.221. The van der Waals surface area contributed by atoms with Gasteiger partial charge in [-0.2, -0.15) is 5.26 Å². The third-order valence-electron chi connectivity index (χ3n) is 2.88. The number of nitrogens with zero attached hydrogens (tertiary/aromatic N) is 1.